The molecule has 0 radical (unpaired) electrons. The van der Waals surface area contributed by atoms with Crippen molar-refractivity contribution in [1.29, 1.82) is 0 Å². The zero-order chi connectivity index (χ0) is 13.3. The van der Waals surface area contributed by atoms with Crippen molar-refractivity contribution in [3.8, 4) is 0 Å². The van der Waals surface area contributed by atoms with Gasteiger partial charge in [-0.1, -0.05) is 0 Å². The standard InChI is InChI=1S/C14H26N2O2/c1-14(2,18)9-16(3)8-12(17)15-13(10-4-5-10)11-6-7-11/h10-11,13,18H,4-9H2,1-3H3,(H,15,17). The lowest BCUT2D eigenvalue weighted by Gasteiger charge is -2.26. The van der Waals surface area contributed by atoms with E-state index in [0.29, 0.717) is 19.1 Å². The third-order valence-corrected chi connectivity index (χ3v) is 3.66. The van der Waals surface area contributed by atoms with Crippen molar-refractivity contribution in [3.63, 3.8) is 0 Å². The van der Waals surface area contributed by atoms with Crippen LogP contribution >= 0.6 is 0 Å². The zero-order valence-electron chi connectivity index (χ0n) is 11.8. The van der Waals surface area contributed by atoms with Crippen LogP contribution in [0.3, 0.4) is 0 Å². The molecule has 0 aromatic carbocycles. The normalized spacial score (nSPS) is 20.6. The number of hydrogen-bond donors (Lipinski definition) is 2. The highest BCUT2D eigenvalue weighted by molar-refractivity contribution is 5.78. The van der Waals surface area contributed by atoms with Crippen LogP contribution in [0, 0.1) is 11.8 Å². The molecule has 2 saturated carbocycles. The molecule has 1 amide bonds. The fourth-order valence-electron chi connectivity index (χ4n) is 2.72. The van der Waals surface area contributed by atoms with Gasteiger partial charge in [0.1, 0.15) is 0 Å². The van der Waals surface area contributed by atoms with Gasteiger partial charge in [0.15, 0.2) is 0 Å². The van der Waals surface area contributed by atoms with Crippen LogP contribution in [-0.2, 0) is 4.79 Å². The van der Waals surface area contributed by atoms with Crippen molar-refractivity contribution in [2.45, 2.75) is 51.2 Å². The molecule has 0 saturated heterocycles. The number of amides is 1. The Bertz CT molecular complexity index is 291. The first kappa shape index (κ1) is 13.8. The number of carbonyl (C=O) groups is 1. The molecule has 18 heavy (non-hydrogen) atoms. The molecule has 4 nitrogen and oxygen atoms in total. The van der Waals surface area contributed by atoms with Gasteiger partial charge in [0.05, 0.1) is 12.1 Å². The van der Waals surface area contributed by atoms with E-state index in [4.69, 9.17) is 0 Å². The predicted molar refractivity (Wildman–Crippen MR) is 71.2 cm³/mol. The number of hydrogen-bond acceptors (Lipinski definition) is 3. The first-order valence-corrected chi connectivity index (χ1v) is 7.05. The van der Waals surface area contributed by atoms with Gasteiger partial charge in [0.2, 0.25) is 5.91 Å². The van der Waals surface area contributed by atoms with Gasteiger partial charge in [-0.15, -0.1) is 0 Å². The molecular formula is C14H26N2O2. The van der Waals surface area contributed by atoms with Gasteiger partial charge < -0.3 is 10.4 Å². The maximum Gasteiger partial charge on any atom is 0.234 e. The number of rotatable bonds is 7. The van der Waals surface area contributed by atoms with Crippen LogP contribution in [0.5, 0.6) is 0 Å². The molecule has 0 bridgehead atoms. The highest BCUT2D eigenvalue weighted by Crippen LogP contribution is 2.44. The molecule has 0 unspecified atom stereocenters. The molecule has 0 spiro atoms. The van der Waals surface area contributed by atoms with E-state index in [2.05, 4.69) is 5.32 Å². The van der Waals surface area contributed by atoms with E-state index in [1.54, 1.807) is 13.8 Å². The Morgan fingerprint density at radius 1 is 1.33 bits per heavy atom. The maximum absolute atomic E-state index is 12.0. The van der Waals surface area contributed by atoms with Crippen LogP contribution in [0.1, 0.15) is 39.5 Å². The molecule has 2 N–H and O–H groups in total. The third kappa shape index (κ3) is 4.58. The van der Waals surface area contributed by atoms with Crippen LogP contribution in [0.4, 0.5) is 0 Å². The van der Waals surface area contributed by atoms with Gasteiger partial charge in [-0.25, -0.2) is 0 Å². The molecule has 104 valence electrons. The molecule has 2 aliphatic carbocycles. The molecule has 0 aromatic heterocycles. The summed E-state index contributed by atoms with van der Waals surface area (Å²) in [6, 6.07) is 0.424. The van der Waals surface area contributed by atoms with Gasteiger partial charge in [0.25, 0.3) is 0 Å². The van der Waals surface area contributed by atoms with Crippen LogP contribution in [0.2, 0.25) is 0 Å². The average Bonchev–Trinajstić information content (AvgIpc) is 3.05. The monoisotopic (exact) mass is 254 g/mol. The third-order valence-electron chi connectivity index (χ3n) is 3.66. The average molecular weight is 254 g/mol. The molecule has 2 rings (SSSR count). The Kier molecular flexibility index (Phi) is 3.97. The van der Waals surface area contributed by atoms with Crippen LogP contribution in [0.25, 0.3) is 0 Å². The minimum Gasteiger partial charge on any atom is -0.389 e. The summed E-state index contributed by atoms with van der Waals surface area (Å²) >= 11 is 0. The first-order chi connectivity index (χ1) is 8.35. The van der Waals surface area contributed by atoms with Crippen molar-refractivity contribution >= 4 is 5.91 Å². The Hall–Kier alpha value is -0.610. The number of nitrogens with one attached hydrogen (secondary N) is 1. The molecule has 0 atom stereocenters. The number of carbonyl (C=O) groups excluding carboxylic acids is 1. The van der Waals surface area contributed by atoms with Crippen LogP contribution in [-0.4, -0.2) is 47.7 Å². The molecule has 4 heteroatoms. The predicted octanol–water partition coefficient (Wildman–Crippen LogP) is 0.994. The second kappa shape index (κ2) is 5.17. The topological polar surface area (TPSA) is 52.6 Å². The van der Waals surface area contributed by atoms with E-state index in [1.165, 1.54) is 25.7 Å². The van der Waals surface area contributed by atoms with Crippen LogP contribution in [0.15, 0.2) is 0 Å². The Balaban J connectivity index is 1.73. The van der Waals surface area contributed by atoms with Crippen molar-refractivity contribution in [2.75, 3.05) is 20.1 Å². The molecule has 0 heterocycles. The van der Waals surface area contributed by atoms with E-state index in [0.717, 1.165) is 11.8 Å². The highest BCUT2D eigenvalue weighted by atomic mass is 16.3. The summed E-state index contributed by atoms with van der Waals surface area (Å²) in [6.07, 6.45) is 5.11. The minimum absolute atomic E-state index is 0.102. The highest BCUT2D eigenvalue weighted by Gasteiger charge is 2.42. The Morgan fingerprint density at radius 2 is 1.83 bits per heavy atom. The fourth-order valence-corrected chi connectivity index (χ4v) is 2.72. The minimum atomic E-state index is -0.749. The lowest BCUT2D eigenvalue weighted by molar-refractivity contribution is -0.123. The fraction of sp³-hybridized carbons (Fsp3) is 0.929. The molecule has 0 aromatic rings. The summed E-state index contributed by atoms with van der Waals surface area (Å²) in [5.41, 5.74) is -0.749. The van der Waals surface area contributed by atoms with Crippen molar-refractivity contribution < 1.29 is 9.90 Å². The van der Waals surface area contributed by atoms with E-state index in [1.807, 2.05) is 11.9 Å². The summed E-state index contributed by atoms with van der Waals surface area (Å²) in [5.74, 6) is 1.58. The van der Waals surface area contributed by atoms with Gasteiger partial charge in [-0.2, -0.15) is 0 Å². The van der Waals surface area contributed by atoms with Crippen molar-refractivity contribution in [2.24, 2.45) is 11.8 Å². The molecule has 0 aliphatic heterocycles. The zero-order valence-corrected chi connectivity index (χ0v) is 11.8. The first-order valence-electron chi connectivity index (χ1n) is 7.05. The van der Waals surface area contributed by atoms with Gasteiger partial charge in [-0.3, -0.25) is 9.69 Å². The van der Waals surface area contributed by atoms with Gasteiger partial charge in [-0.05, 0) is 58.4 Å². The quantitative estimate of drug-likeness (QED) is 0.712. The van der Waals surface area contributed by atoms with Crippen molar-refractivity contribution in [1.82, 2.24) is 10.2 Å². The second-order valence-corrected chi connectivity index (χ2v) is 6.75. The summed E-state index contributed by atoms with van der Waals surface area (Å²) in [6.45, 7) is 4.41. The summed E-state index contributed by atoms with van der Waals surface area (Å²) in [5, 5.41) is 12.9. The molecular weight excluding hydrogens is 228 g/mol. The summed E-state index contributed by atoms with van der Waals surface area (Å²) in [4.78, 5) is 13.9. The Morgan fingerprint density at radius 3 is 2.22 bits per heavy atom. The van der Waals surface area contributed by atoms with Gasteiger partial charge in [0, 0.05) is 12.6 Å². The largest absolute Gasteiger partial charge is 0.389 e. The maximum atomic E-state index is 12.0. The second-order valence-electron chi connectivity index (χ2n) is 6.75. The lowest BCUT2D eigenvalue weighted by Crippen LogP contribution is -2.46. The molecule has 2 aliphatic rings. The van der Waals surface area contributed by atoms with E-state index >= 15 is 0 Å². The Labute approximate surface area is 110 Å². The van der Waals surface area contributed by atoms with E-state index in [9.17, 15) is 9.90 Å². The number of nitrogens with zero attached hydrogens (tertiary/aromatic N) is 1. The van der Waals surface area contributed by atoms with E-state index < -0.39 is 5.60 Å². The van der Waals surface area contributed by atoms with Crippen molar-refractivity contribution in [3.05, 3.63) is 0 Å². The van der Waals surface area contributed by atoms with E-state index in [-0.39, 0.29) is 5.91 Å². The number of likely N-dealkylation sites (N-methyl/N-ethyl adjacent to an activating group) is 1. The molecule has 2 fully saturated rings. The van der Waals surface area contributed by atoms with Gasteiger partial charge >= 0.3 is 0 Å². The summed E-state index contributed by atoms with van der Waals surface area (Å²) in [7, 11) is 1.88. The number of aliphatic hydroxyl groups is 1. The van der Waals surface area contributed by atoms with Crippen LogP contribution < -0.4 is 5.32 Å². The lowest BCUT2D eigenvalue weighted by atomic mass is 10.1. The smallest absolute Gasteiger partial charge is 0.234 e. The summed E-state index contributed by atoms with van der Waals surface area (Å²) < 4.78 is 0. The SMILES string of the molecule is CN(CC(=O)NC(C1CC1)C1CC1)CC(C)(C)O.